The lowest BCUT2D eigenvalue weighted by molar-refractivity contribution is 0.0940. The highest BCUT2D eigenvalue weighted by Crippen LogP contribution is 2.17. The third-order valence-corrected chi connectivity index (χ3v) is 4.98. The number of nitrogens with one attached hydrogen (secondary N) is 1. The molecule has 0 aliphatic heterocycles. The van der Waals surface area contributed by atoms with Gasteiger partial charge in [-0.1, -0.05) is 28.1 Å². The summed E-state index contributed by atoms with van der Waals surface area (Å²) in [6, 6.07) is 10.2. The van der Waals surface area contributed by atoms with E-state index in [-0.39, 0.29) is 11.9 Å². The normalized spacial score (nSPS) is 12.2. The van der Waals surface area contributed by atoms with Crippen molar-refractivity contribution in [1.29, 1.82) is 0 Å². The Labute approximate surface area is 138 Å². The molecule has 0 bridgehead atoms. The van der Waals surface area contributed by atoms with Crippen molar-refractivity contribution in [3.05, 3.63) is 54.2 Å². The predicted molar refractivity (Wildman–Crippen MR) is 91.8 cm³/mol. The van der Waals surface area contributed by atoms with Gasteiger partial charge in [-0.15, -0.1) is 11.3 Å². The third kappa shape index (κ3) is 4.57. The number of hydrogen-bond donors (Lipinski definition) is 1. The molecule has 19 heavy (non-hydrogen) atoms. The Morgan fingerprint density at radius 1 is 1.42 bits per heavy atom. The first-order valence-electron chi connectivity index (χ1n) is 5.84. The summed E-state index contributed by atoms with van der Waals surface area (Å²) in [5.41, 5.74) is 1.97. The van der Waals surface area contributed by atoms with Crippen molar-refractivity contribution in [2.75, 3.05) is 0 Å². The van der Waals surface area contributed by atoms with Gasteiger partial charge in [0.2, 0.25) is 0 Å². The first-order chi connectivity index (χ1) is 9.04. The van der Waals surface area contributed by atoms with E-state index in [0.717, 1.165) is 19.3 Å². The van der Waals surface area contributed by atoms with Gasteiger partial charge in [0.15, 0.2) is 0 Å². The minimum absolute atomic E-state index is 0.00350. The van der Waals surface area contributed by atoms with E-state index < -0.39 is 0 Å². The number of thiophene rings is 1. The van der Waals surface area contributed by atoms with Gasteiger partial charge in [0.1, 0.15) is 0 Å². The molecular weight excluding hydrogens is 437 g/mol. The monoisotopic (exact) mass is 449 g/mol. The summed E-state index contributed by atoms with van der Waals surface area (Å²) in [6.07, 6.45) is 0.834. The van der Waals surface area contributed by atoms with Crippen LogP contribution in [0.15, 0.2) is 40.2 Å². The number of halogens is 2. The zero-order chi connectivity index (χ0) is 13.8. The lowest BCUT2D eigenvalue weighted by atomic mass is 10.1. The van der Waals surface area contributed by atoms with E-state index in [9.17, 15) is 4.79 Å². The van der Waals surface area contributed by atoms with Crippen LogP contribution in [0.4, 0.5) is 0 Å². The minimum Gasteiger partial charge on any atom is -0.349 e. The molecular formula is C14H13BrINOS. The van der Waals surface area contributed by atoms with Crippen LogP contribution < -0.4 is 5.32 Å². The predicted octanol–water partition coefficient (Wildman–Crippen LogP) is 4.48. The molecule has 0 aliphatic rings. The third-order valence-electron chi connectivity index (χ3n) is 2.66. The Kier molecular flexibility index (Phi) is 5.41. The van der Waals surface area contributed by atoms with Gasteiger partial charge in [-0.05, 0) is 59.7 Å². The molecule has 1 amide bonds. The first-order valence-corrected chi connectivity index (χ1v) is 8.59. The van der Waals surface area contributed by atoms with Crippen molar-refractivity contribution in [3.63, 3.8) is 0 Å². The van der Waals surface area contributed by atoms with Crippen molar-refractivity contribution < 1.29 is 4.79 Å². The van der Waals surface area contributed by atoms with Gasteiger partial charge < -0.3 is 5.32 Å². The molecule has 0 fully saturated rings. The molecule has 1 aromatic carbocycles. The number of carbonyl (C=O) groups excluding carboxylic acids is 1. The summed E-state index contributed by atoms with van der Waals surface area (Å²) < 4.78 is 2.20. The standard InChI is InChI=1S/C14H13BrINOS/c1-9(6-10-2-4-12(15)5-3-10)17-14(18)11-7-13(16)19-8-11/h2-5,7-9H,6H2,1H3,(H,17,18). The fourth-order valence-corrected chi connectivity index (χ4v) is 3.35. The number of amides is 1. The van der Waals surface area contributed by atoms with E-state index in [0.29, 0.717) is 0 Å². The highest BCUT2D eigenvalue weighted by atomic mass is 127. The maximum Gasteiger partial charge on any atom is 0.252 e. The number of benzene rings is 1. The molecule has 2 rings (SSSR count). The van der Waals surface area contributed by atoms with Crippen molar-refractivity contribution >= 4 is 55.8 Å². The Balaban J connectivity index is 1.92. The minimum atomic E-state index is 0.00350. The van der Waals surface area contributed by atoms with Crippen molar-refractivity contribution in [2.45, 2.75) is 19.4 Å². The van der Waals surface area contributed by atoms with E-state index in [4.69, 9.17) is 0 Å². The number of hydrogen-bond acceptors (Lipinski definition) is 2. The van der Waals surface area contributed by atoms with Gasteiger partial charge in [-0.3, -0.25) is 4.79 Å². The first kappa shape index (κ1) is 15.0. The second-order valence-corrected chi connectivity index (χ2v) is 8.07. The van der Waals surface area contributed by atoms with Crippen LogP contribution in [0.1, 0.15) is 22.8 Å². The molecule has 1 aromatic heterocycles. The van der Waals surface area contributed by atoms with Crippen molar-refractivity contribution in [1.82, 2.24) is 5.32 Å². The number of rotatable bonds is 4. The largest absolute Gasteiger partial charge is 0.349 e. The summed E-state index contributed by atoms with van der Waals surface area (Å²) in [6.45, 7) is 2.03. The molecule has 0 saturated heterocycles. The fraction of sp³-hybridized carbons (Fsp3) is 0.214. The smallest absolute Gasteiger partial charge is 0.252 e. The molecule has 1 heterocycles. The van der Waals surface area contributed by atoms with E-state index >= 15 is 0 Å². The summed E-state index contributed by atoms with van der Waals surface area (Å²) >= 11 is 7.22. The maximum absolute atomic E-state index is 12.0. The Morgan fingerprint density at radius 2 is 2.11 bits per heavy atom. The second kappa shape index (κ2) is 6.85. The van der Waals surface area contributed by atoms with Gasteiger partial charge in [0.25, 0.3) is 5.91 Å². The second-order valence-electron chi connectivity index (χ2n) is 4.34. The molecule has 2 aromatic rings. The lowest BCUT2D eigenvalue weighted by Crippen LogP contribution is -2.33. The number of carbonyl (C=O) groups is 1. The van der Waals surface area contributed by atoms with Gasteiger partial charge in [0.05, 0.1) is 8.45 Å². The van der Waals surface area contributed by atoms with Crippen molar-refractivity contribution in [2.24, 2.45) is 0 Å². The summed E-state index contributed by atoms with van der Waals surface area (Å²) in [5, 5.41) is 4.92. The van der Waals surface area contributed by atoms with Crippen LogP contribution in [0, 0.1) is 2.88 Å². The van der Waals surface area contributed by atoms with Crippen LogP contribution in [0.5, 0.6) is 0 Å². The highest BCUT2D eigenvalue weighted by molar-refractivity contribution is 14.1. The Morgan fingerprint density at radius 3 is 2.68 bits per heavy atom. The average molecular weight is 450 g/mol. The zero-order valence-corrected chi connectivity index (χ0v) is 14.9. The quantitative estimate of drug-likeness (QED) is 0.685. The topological polar surface area (TPSA) is 29.1 Å². The van der Waals surface area contributed by atoms with Crippen LogP contribution >= 0.6 is 49.9 Å². The van der Waals surface area contributed by atoms with Gasteiger partial charge in [-0.2, -0.15) is 0 Å². The van der Waals surface area contributed by atoms with Crippen LogP contribution in [0.3, 0.4) is 0 Å². The highest BCUT2D eigenvalue weighted by Gasteiger charge is 2.11. The zero-order valence-electron chi connectivity index (χ0n) is 10.3. The lowest BCUT2D eigenvalue weighted by Gasteiger charge is -2.13. The van der Waals surface area contributed by atoms with Gasteiger partial charge in [0, 0.05) is 15.9 Å². The SMILES string of the molecule is CC(Cc1ccc(Br)cc1)NC(=O)c1csc(I)c1. The van der Waals surface area contributed by atoms with Crippen molar-refractivity contribution in [3.8, 4) is 0 Å². The molecule has 0 radical (unpaired) electrons. The molecule has 1 N–H and O–H groups in total. The van der Waals surface area contributed by atoms with E-state index in [2.05, 4.69) is 56.0 Å². The molecule has 1 atom stereocenters. The van der Waals surface area contributed by atoms with Crippen LogP contribution in [-0.2, 0) is 6.42 Å². The Hall–Kier alpha value is -0.400. The van der Waals surface area contributed by atoms with Crippen LogP contribution in [0.25, 0.3) is 0 Å². The summed E-state index contributed by atoms with van der Waals surface area (Å²) in [7, 11) is 0. The molecule has 100 valence electrons. The maximum atomic E-state index is 12.0. The van der Waals surface area contributed by atoms with Gasteiger partial charge in [-0.25, -0.2) is 0 Å². The molecule has 0 aliphatic carbocycles. The molecule has 0 spiro atoms. The molecule has 0 saturated carbocycles. The summed E-state index contributed by atoms with van der Waals surface area (Å²) in [4.78, 5) is 12.0. The molecule has 2 nitrogen and oxygen atoms in total. The fourth-order valence-electron chi connectivity index (χ4n) is 1.76. The van der Waals surface area contributed by atoms with Gasteiger partial charge >= 0.3 is 0 Å². The molecule has 5 heteroatoms. The van der Waals surface area contributed by atoms with Crippen LogP contribution in [0.2, 0.25) is 0 Å². The van der Waals surface area contributed by atoms with E-state index in [1.165, 1.54) is 5.56 Å². The van der Waals surface area contributed by atoms with E-state index in [1.54, 1.807) is 11.3 Å². The molecule has 1 unspecified atom stereocenters. The van der Waals surface area contributed by atoms with Crippen LogP contribution in [-0.4, -0.2) is 11.9 Å². The average Bonchev–Trinajstić information content (AvgIpc) is 2.79. The van der Waals surface area contributed by atoms with E-state index in [1.807, 2.05) is 30.5 Å². The Bertz CT molecular complexity index is 567. The summed E-state index contributed by atoms with van der Waals surface area (Å²) in [5.74, 6) is 0.00350.